The van der Waals surface area contributed by atoms with E-state index >= 15 is 0 Å². The van der Waals surface area contributed by atoms with Gasteiger partial charge in [0.05, 0.1) is 0 Å². The Labute approximate surface area is 87.4 Å². The molecule has 0 rings (SSSR count). The highest BCUT2D eigenvalue weighted by molar-refractivity contribution is 5.31. The van der Waals surface area contributed by atoms with Crippen molar-refractivity contribution in [3.05, 3.63) is 36.5 Å². The molecule has 0 fully saturated rings. The maximum absolute atomic E-state index is 5.52. The highest BCUT2D eigenvalue weighted by Gasteiger charge is 1.99. The van der Waals surface area contributed by atoms with Gasteiger partial charge in [0.1, 0.15) is 0 Å². The molecule has 0 unspecified atom stereocenters. The molecule has 0 aromatic rings. The van der Waals surface area contributed by atoms with E-state index < -0.39 is 0 Å². The molecule has 0 heterocycles. The van der Waals surface area contributed by atoms with Crippen molar-refractivity contribution in [2.75, 3.05) is 13.1 Å². The number of hydrogen-bond acceptors (Lipinski definition) is 2. The van der Waals surface area contributed by atoms with Gasteiger partial charge in [0.15, 0.2) is 0 Å². The van der Waals surface area contributed by atoms with Crippen LogP contribution in [0.4, 0.5) is 0 Å². The zero-order valence-electron chi connectivity index (χ0n) is 8.97. The Balaban J connectivity index is 4.29. The SMILES string of the molecule is C=C/C(CCN)=C(\C=C)CCCCN. The van der Waals surface area contributed by atoms with Crippen LogP contribution in [0.3, 0.4) is 0 Å². The molecule has 0 saturated heterocycles. The van der Waals surface area contributed by atoms with E-state index in [9.17, 15) is 0 Å². The summed E-state index contributed by atoms with van der Waals surface area (Å²) in [7, 11) is 0. The molecule has 0 aromatic carbocycles. The van der Waals surface area contributed by atoms with Gasteiger partial charge in [0.25, 0.3) is 0 Å². The quantitative estimate of drug-likeness (QED) is 0.459. The molecule has 0 spiro atoms. The Kier molecular flexibility index (Phi) is 8.19. The van der Waals surface area contributed by atoms with Crippen molar-refractivity contribution in [2.45, 2.75) is 25.7 Å². The molecular formula is C12H22N2. The molecule has 0 atom stereocenters. The van der Waals surface area contributed by atoms with Crippen molar-refractivity contribution in [3.63, 3.8) is 0 Å². The molecule has 4 N–H and O–H groups in total. The van der Waals surface area contributed by atoms with E-state index in [-0.39, 0.29) is 0 Å². The number of unbranched alkanes of at least 4 members (excludes halogenated alkanes) is 1. The smallest absolute Gasteiger partial charge is 0.00366 e. The molecule has 0 aliphatic heterocycles. The van der Waals surface area contributed by atoms with E-state index in [0.29, 0.717) is 6.54 Å². The lowest BCUT2D eigenvalue weighted by molar-refractivity contribution is 0.741. The first-order chi connectivity index (χ1) is 6.79. The third-order valence-corrected chi connectivity index (χ3v) is 2.22. The molecule has 0 amide bonds. The van der Waals surface area contributed by atoms with Gasteiger partial charge in [0.2, 0.25) is 0 Å². The molecule has 0 aliphatic carbocycles. The topological polar surface area (TPSA) is 52.0 Å². The van der Waals surface area contributed by atoms with Crippen LogP contribution in [0.2, 0.25) is 0 Å². The van der Waals surface area contributed by atoms with E-state index in [0.717, 1.165) is 32.2 Å². The standard InChI is InChI=1S/C12H22N2/c1-3-11(7-5-6-9-13)12(4-2)8-10-14/h3-4H,1-2,5-10,13-14H2/b12-11-. The zero-order chi connectivity index (χ0) is 10.8. The van der Waals surface area contributed by atoms with Crippen LogP contribution in [0.1, 0.15) is 25.7 Å². The molecule has 2 heteroatoms. The average Bonchev–Trinajstić information content (AvgIpc) is 2.22. The minimum absolute atomic E-state index is 0.662. The summed E-state index contributed by atoms with van der Waals surface area (Å²) in [5, 5.41) is 0. The van der Waals surface area contributed by atoms with Crippen LogP contribution < -0.4 is 11.5 Å². The molecule has 80 valence electrons. The van der Waals surface area contributed by atoms with E-state index in [1.807, 2.05) is 12.2 Å². The number of hydrogen-bond donors (Lipinski definition) is 2. The Bertz CT molecular complexity index is 204. The van der Waals surface area contributed by atoms with Crippen molar-refractivity contribution in [1.82, 2.24) is 0 Å². The summed E-state index contributed by atoms with van der Waals surface area (Å²) in [6.07, 6.45) is 7.87. The van der Waals surface area contributed by atoms with Gasteiger partial charge in [-0.15, -0.1) is 0 Å². The van der Waals surface area contributed by atoms with Gasteiger partial charge < -0.3 is 11.5 Å². The molecule has 14 heavy (non-hydrogen) atoms. The fourth-order valence-corrected chi connectivity index (χ4v) is 1.40. The first kappa shape index (κ1) is 13.1. The van der Waals surface area contributed by atoms with Gasteiger partial charge in [-0.2, -0.15) is 0 Å². The van der Waals surface area contributed by atoms with Gasteiger partial charge in [-0.1, -0.05) is 25.3 Å². The van der Waals surface area contributed by atoms with Gasteiger partial charge >= 0.3 is 0 Å². The van der Waals surface area contributed by atoms with Crippen molar-refractivity contribution >= 4 is 0 Å². The second kappa shape index (κ2) is 8.73. The number of rotatable bonds is 8. The molecule has 0 saturated carbocycles. The minimum atomic E-state index is 0.662. The van der Waals surface area contributed by atoms with Gasteiger partial charge in [-0.05, 0) is 49.9 Å². The normalized spacial score (nSPS) is 12.1. The Hall–Kier alpha value is -0.860. The van der Waals surface area contributed by atoms with E-state index in [1.54, 1.807) is 0 Å². The Morgan fingerprint density at radius 3 is 1.86 bits per heavy atom. The maximum Gasteiger partial charge on any atom is -0.00366 e. The zero-order valence-corrected chi connectivity index (χ0v) is 8.97. The monoisotopic (exact) mass is 194 g/mol. The van der Waals surface area contributed by atoms with Crippen LogP contribution in [0.15, 0.2) is 36.5 Å². The molecule has 2 nitrogen and oxygen atoms in total. The van der Waals surface area contributed by atoms with Crippen LogP contribution in [0, 0.1) is 0 Å². The van der Waals surface area contributed by atoms with E-state index in [1.165, 1.54) is 11.1 Å². The lowest BCUT2D eigenvalue weighted by Gasteiger charge is -2.07. The highest BCUT2D eigenvalue weighted by Crippen LogP contribution is 2.16. The molecular weight excluding hydrogens is 172 g/mol. The summed E-state index contributed by atoms with van der Waals surface area (Å²) in [5.41, 5.74) is 13.4. The van der Waals surface area contributed by atoms with E-state index in [2.05, 4.69) is 13.2 Å². The summed E-state index contributed by atoms with van der Waals surface area (Å²) < 4.78 is 0. The van der Waals surface area contributed by atoms with Gasteiger partial charge in [0, 0.05) is 0 Å². The molecule has 0 bridgehead atoms. The van der Waals surface area contributed by atoms with Crippen molar-refractivity contribution in [2.24, 2.45) is 11.5 Å². The van der Waals surface area contributed by atoms with Crippen molar-refractivity contribution < 1.29 is 0 Å². The summed E-state index contributed by atoms with van der Waals surface area (Å²) in [6, 6.07) is 0. The summed E-state index contributed by atoms with van der Waals surface area (Å²) in [4.78, 5) is 0. The maximum atomic E-state index is 5.52. The van der Waals surface area contributed by atoms with Crippen LogP contribution in [0.5, 0.6) is 0 Å². The van der Waals surface area contributed by atoms with E-state index in [4.69, 9.17) is 11.5 Å². The minimum Gasteiger partial charge on any atom is -0.330 e. The summed E-state index contributed by atoms with van der Waals surface area (Å²) in [6.45, 7) is 9.02. The summed E-state index contributed by atoms with van der Waals surface area (Å²) in [5.74, 6) is 0. The van der Waals surface area contributed by atoms with Crippen LogP contribution >= 0.6 is 0 Å². The van der Waals surface area contributed by atoms with Crippen LogP contribution in [0.25, 0.3) is 0 Å². The predicted octanol–water partition coefficient (Wildman–Crippen LogP) is 2.13. The third kappa shape index (κ3) is 5.00. The average molecular weight is 194 g/mol. The van der Waals surface area contributed by atoms with Crippen molar-refractivity contribution in [3.8, 4) is 0 Å². The first-order valence-corrected chi connectivity index (χ1v) is 5.17. The second-order valence-electron chi connectivity index (χ2n) is 3.24. The molecule has 0 aromatic heterocycles. The van der Waals surface area contributed by atoms with Gasteiger partial charge in [-0.3, -0.25) is 0 Å². The fraction of sp³-hybridized carbons (Fsp3) is 0.500. The Morgan fingerprint density at radius 1 is 0.857 bits per heavy atom. The second-order valence-corrected chi connectivity index (χ2v) is 3.24. The summed E-state index contributed by atoms with van der Waals surface area (Å²) >= 11 is 0. The largest absolute Gasteiger partial charge is 0.330 e. The number of nitrogens with two attached hydrogens (primary N) is 2. The first-order valence-electron chi connectivity index (χ1n) is 5.17. The lowest BCUT2D eigenvalue weighted by atomic mass is 10.00. The number of allylic oxidation sites excluding steroid dienone is 3. The fourth-order valence-electron chi connectivity index (χ4n) is 1.40. The molecule has 0 radical (unpaired) electrons. The molecule has 0 aliphatic rings. The predicted molar refractivity (Wildman–Crippen MR) is 64.0 cm³/mol. The van der Waals surface area contributed by atoms with Gasteiger partial charge in [-0.25, -0.2) is 0 Å². The van der Waals surface area contributed by atoms with Crippen LogP contribution in [-0.4, -0.2) is 13.1 Å². The van der Waals surface area contributed by atoms with Crippen molar-refractivity contribution in [1.29, 1.82) is 0 Å². The highest BCUT2D eigenvalue weighted by atomic mass is 14.5. The van der Waals surface area contributed by atoms with Crippen LogP contribution in [-0.2, 0) is 0 Å². The lowest BCUT2D eigenvalue weighted by Crippen LogP contribution is -2.02. The Morgan fingerprint density at radius 2 is 1.43 bits per heavy atom. The third-order valence-electron chi connectivity index (χ3n) is 2.22.